The third-order valence-corrected chi connectivity index (χ3v) is 3.58. The lowest BCUT2D eigenvalue weighted by atomic mass is 9.86. The van der Waals surface area contributed by atoms with E-state index in [4.69, 9.17) is 5.73 Å². The first kappa shape index (κ1) is 11.7. The number of nitrogens with zero attached hydrogens (tertiary/aromatic N) is 3. The molecule has 1 aliphatic heterocycles. The van der Waals surface area contributed by atoms with Crippen molar-refractivity contribution in [3.05, 3.63) is 18.0 Å². The molecule has 0 spiro atoms. The molecule has 2 fully saturated rings. The molecule has 0 radical (unpaired) electrons. The van der Waals surface area contributed by atoms with Crippen molar-refractivity contribution in [3.8, 4) is 0 Å². The van der Waals surface area contributed by atoms with Crippen LogP contribution in [0.5, 0.6) is 0 Å². The summed E-state index contributed by atoms with van der Waals surface area (Å²) in [6.45, 7) is 1.08. The first-order chi connectivity index (χ1) is 8.38. The molecule has 2 aliphatic rings. The Labute approximate surface area is 102 Å². The van der Waals surface area contributed by atoms with Crippen molar-refractivity contribution in [2.45, 2.75) is 24.6 Å². The maximum Gasteiger partial charge on any atom is 0.433 e. The van der Waals surface area contributed by atoms with Crippen LogP contribution in [0.4, 0.5) is 19.1 Å². The SMILES string of the molecule is NC1(C2CC2)CN(c2nccc(C(F)(F)F)n2)C1. The summed E-state index contributed by atoms with van der Waals surface area (Å²) in [5.74, 6) is 0.631. The zero-order valence-corrected chi connectivity index (χ0v) is 9.61. The van der Waals surface area contributed by atoms with Gasteiger partial charge in [-0.1, -0.05) is 0 Å². The summed E-state index contributed by atoms with van der Waals surface area (Å²) < 4.78 is 37.5. The van der Waals surface area contributed by atoms with E-state index in [-0.39, 0.29) is 11.5 Å². The first-order valence-corrected chi connectivity index (χ1v) is 5.82. The minimum absolute atomic E-state index is 0.117. The van der Waals surface area contributed by atoms with Crippen molar-refractivity contribution in [1.29, 1.82) is 0 Å². The standard InChI is InChI=1S/C11H13F3N4/c12-11(13,14)8-3-4-16-9(17-8)18-5-10(15,6-18)7-1-2-7/h3-4,7H,1-2,5-6,15H2. The van der Waals surface area contributed by atoms with Gasteiger partial charge < -0.3 is 10.6 Å². The number of hydrogen-bond acceptors (Lipinski definition) is 4. The predicted octanol–water partition coefficient (Wildman–Crippen LogP) is 1.42. The molecule has 1 saturated heterocycles. The molecule has 1 aromatic heterocycles. The van der Waals surface area contributed by atoms with Crippen LogP contribution < -0.4 is 10.6 Å². The number of aromatic nitrogens is 2. The smallest absolute Gasteiger partial charge is 0.337 e. The van der Waals surface area contributed by atoms with Gasteiger partial charge in [0.1, 0.15) is 5.69 Å². The number of hydrogen-bond donors (Lipinski definition) is 1. The molecule has 1 aromatic rings. The van der Waals surface area contributed by atoms with Gasteiger partial charge in [0.25, 0.3) is 0 Å². The molecular weight excluding hydrogens is 245 g/mol. The van der Waals surface area contributed by atoms with Gasteiger partial charge in [-0.05, 0) is 24.8 Å². The van der Waals surface area contributed by atoms with Gasteiger partial charge in [0, 0.05) is 19.3 Å². The molecule has 1 saturated carbocycles. The van der Waals surface area contributed by atoms with Crippen molar-refractivity contribution in [2.24, 2.45) is 11.7 Å². The highest BCUT2D eigenvalue weighted by atomic mass is 19.4. The van der Waals surface area contributed by atoms with Crippen molar-refractivity contribution in [3.63, 3.8) is 0 Å². The topological polar surface area (TPSA) is 55.0 Å². The Morgan fingerprint density at radius 2 is 2.00 bits per heavy atom. The van der Waals surface area contributed by atoms with Crippen LogP contribution in [0.15, 0.2) is 12.3 Å². The monoisotopic (exact) mass is 258 g/mol. The zero-order chi connectivity index (χ0) is 13.0. The molecule has 0 atom stereocenters. The number of rotatable bonds is 2. The second-order valence-electron chi connectivity index (χ2n) is 5.10. The van der Waals surface area contributed by atoms with Gasteiger partial charge in [-0.2, -0.15) is 13.2 Å². The molecule has 0 bridgehead atoms. The quantitative estimate of drug-likeness (QED) is 0.871. The summed E-state index contributed by atoms with van der Waals surface area (Å²) in [7, 11) is 0. The fourth-order valence-corrected chi connectivity index (χ4v) is 2.38. The fourth-order valence-electron chi connectivity index (χ4n) is 2.38. The van der Waals surface area contributed by atoms with Crippen molar-refractivity contribution in [2.75, 3.05) is 18.0 Å². The summed E-state index contributed by atoms with van der Waals surface area (Å²) in [6, 6.07) is 0.875. The maximum atomic E-state index is 12.5. The second kappa shape index (κ2) is 3.57. The molecule has 98 valence electrons. The molecular formula is C11H13F3N4. The molecule has 2 heterocycles. The van der Waals surface area contributed by atoms with Crippen molar-refractivity contribution in [1.82, 2.24) is 9.97 Å². The van der Waals surface area contributed by atoms with E-state index in [1.165, 1.54) is 0 Å². The van der Waals surface area contributed by atoms with Crippen LogP contribution in [0.1, 0.15) is 18.5 Å². The highest BCUT2D eigenvalue weighted by Gasteiger charge is 2.51. The fraction of sp³-hybridized carbons (Fsp3) is 0.636. The van der Waals surface area contributed by atoms with Crippen LogP contribution in [0.2, 0.25) is 0 Å². The van der Waals surface area contributed by atoms with E-state index >= 15 is 0 Å². The van der Waals surface area contributed by atoms with Crippen LogP contribution in [-0.4, -0.2) is 28.6 Å². The largest absolute Gasteiger partial charge is 0.433 e. The first-order valence-electron chi connectivity index (χ1n) is 5.82. The molecule has 1 aliphatic carbocycles. The van der Waals surface area contributed by atoms with E-state index in [9.17, 15) is 13.2 Å². The van der Waals surface area contributed by atoms with Crippen LogP contribution in [-0.2, 0) is 6.18 Å². The van der Waals surface area contributed by atoms with Crippen molar-refractivity contribution >= 4 is 5.95 Å². The second-order valence-corrected chi connectivity index (χ2v) is 5.10. The average molecular weight is 258 g/mol. The summed E-state index contributed by atoms with van der Waals surface area (Å²) in [5, 5.41) is 0. The third kappa shape index (κ3) is 1.92. The van der Waals surface area contributed by atoms with Crippen LogP contribution in [0.3, 0.4) is 0 Å². The van der Waals surface area contributed by atoms with E-state index < -0.39 is 11.9 Å². The summed E-state index contributed by atoms with van der Waals surface area (Å²) in [5.41, 5.74) is 4.98. The lowest BCUT2D eigenvalue weighted by Gasteiger charge is -2.48. The summed E-state index contributed by atoms with van der Waals surface area (Å²) in [4.78, 5) is 9.13. The van der Waals surface area contributed by atoms with E-state index in [1.54, 1.807) is 4.90 Å². The Hall–Kier alpha value is -1.37. The van der Waals surface area contributed by atoms with E-state index in [1.807, 2.05) is 0 Å². The Morgan fingerprint density at radius 1 is 1.33 bits per heavy atom. The normalized spacial score (nSPS) is 22.8. The minimum Gasteiger partial charge on any atom is -0.337 e. The highest BCUT2D eigenvalue weighted by Crippen LogP contribution is 2.43. The van der Waals surface area contributed by atoms with E-state index in [0.29, 0.717) is 19.0 Å². The lowest BCUT2D eigenvalue weighted by molar-refractivity contribution is -0.141. The van der Waals surface area contributed by atoms with Crippen molar-refractivity contribution < 1.29 is 13.2 Å². The number of alkyl halides is 3. The van der Waals surface area contributed by atoms with E-state index in [2.05, 4.69) is 9.97 Å². The Bertz CT molecular complexity index is 464. The molecule has 2 N–H and O–H groups in total. The van der Waals surface area contributed by atoms with Crippen LogP contribution >= 0.6 is 0 Å². The Morgan fingerprint density at radius 3 is 2.56 bits per heavy atom. The maximum absolute atomic E-state index is 12.5. The van der Waals surface area contributed by atoms with Gasteiger partial charge >= 0.3 is 6.18 Å². The Kier molecular flexibility index (Phi) is 2.32. The Balaban J connectivity index is 1.74. The van der Waals surface area contributed by atoms with Gasteiger partial charge in [-0.25, -0.2) is 9.97 Å². The molecule has 0 amide bonds. The molecule has 7 heteroatoms. The molecule has 3 rings (SSSR count). The van der Waals surface area contributed by atoms with Gasteiger partial charge in [0.2, 0.25) is 5.95 Å². The van der Waals surface area contributed by atoms with Gasteiger partial charge in [-0.3, -0.25) is 0 Å². The average Bonchev–Trinajstić information content (AvgIpc) is 3.08. The number of nitrogens with two attached hydrogens (primary N) is 1. The van der Waals surface area contributed by atoms with Gasteiger partial charge in [0.15, 0.2) is 0 Å². The van der Waals surface area contributed by atoms with Crippen LogP contribution in [0.25, 0.3) is 0 Å². The highest BCUT2D eigenvalue weighted by molar-refractivity contribution is 5.40. The predicted molar refractivity (Wildman–Crippen MR) is 58.9 cm³/mol. The number of anilines is 1. The molecule has 0 aromatic carbocycles. The lowest BCUT2D eigenvalue weighted by Crippen LogP contribution is -2.69. The zero-order valence-electron chi connectivity index (χ0n) is 9.61. The van der Waals surface area contributed by atoms with Gasteiger partial charge in [0.05, 0.1) is 5.54 Å². The van der Waals surface area contributed by atoms with Crippen LogP contribution in [0, 0.1) is 5.92 Å². The molecule has 4 nitrogen and oxygen atoms in total. The molecule has 18 heavy (non-hydrogen) atoms. The molecule has 0 unspecified atom stereocenters. The third-order valence-electron chi connectivity index (χ3n) is 3.58. The van der Waals surface area contributed by atoms with Gasteiger partial charge in [-0.15, -0.1) is 0 Å². The minimum atomic E-state index is -4.43. The number of halogens is 3. The van der Waals surface area contributed by atoms with E-state index in [0.717, 1.165) is 25.1 Å². The summed E-state index contributed by atoms with van der Waals surface area (Å²) >= 11 is 0. The summed E-state index contributed by atoms with van der Waals surface area (Å²) in [6.07, 6.45) is -1.06.